The minimum Gasteiger partial charge on any atom is -0.334 e. The van der Waals surface area contributed by atoms with Crippen LogP contribution < -0.4 is 0 Å². The first-order valence-electron chi connectivity index (χ1n) is 7.98. The maximum absolute atomic E-state index is 13.0. The van der Waals surface area contributed by atoms with Gasteiger partial charge in [0, 0.05) is 10.6 Å². The smallest absolute Gasteiger partial charge is 0.257 e. The Kier molecular flexibility index (Phi) is 4.91. The van der Waals surface area contributed by atoms with Crippen molar-refractivity contribution in [3.05, 3.63) is 71.0 Å². The van der Waals surface area contributed by atoms with E-state index in [4.69, 9.17) is 16.1 Å². The molecule has 6 nitrogen and oxygen atoms in total. The molecular formula is C18H13ClFN5OS. The van der Waals surface area contributed by atoms with Gasteiger partial charge in [0.25, 0.3) is 5.89 Å². The van der Waals surface area contributed by atoms with E-state index >= 15 is 0 Å². The summed E-state index contributed by atoms with van der Waals surface area (Å²) in [5.41, 5.74) is 2.54. The summed E-state index contributed by atoms with van der Waals surface area (Å²) in [6.07, 6.45) is 1.63. The molecule has 0 radical (unpaired) electrons. The third-order valence-electron chi connectivity index (χ3n) is 3.84. The van der Waals surface area contributed by atoms with Gasteiger partial charge in [-0.2, -0.15) is 4.98 Å². The molecular weight excluding hydrogens is 389 g/mol. The van der Waals surface area contributed by atoms with Crippen molar-refractivity contribution in [2.75, 3.05) is 0 Å². The molecule has 4 aromatic rings. The third kappa shape index (κ3) is 3.86. The molecule has 0 saturated heterocycles. The number of rotatable bonds is 5. The molecule has 0 saturated carbocycles. The summed E-state index contributed by atoms with van der Waals surface area (Å²) in [5.74, 6) is 0.987. The van der Waals surface area contributed by atoms with Gasteiger partial charge in [-0.05, 0) is 48.9 Å². The predicted molar refractivity (Wildman–Crippen MR) is 100 cm³/mol. The van der Waals surface area contributed by atoms with E-state index in [2.05, 4.69) is 20.3 Å². The maximum atomic E-state index is 13.0. The molecule has 4 rings (SSSR count). The van der Waals surface area contributed by atoms with Gasteiger partial charge in [-0.15, -0.1) is 10.2 Å². The molecule has 0 N–H and O–H groups in total. The number of nitrogens with zero attached hydrogens (tertiary/aromatic N) is 5. The van der Waals surface area contributed by atoms with Crippen LogP contribution >= 0.6 is 23.4 Å². The first kappa shape index (κ1) is 17.7. The first-order chi connectivity index (χ1) is 13.1. The summed E-state index contributed by atoms with van der Waals surface area (Å²) in [5, 5.41) is 13.4. The van der Waals surface area contributed by atoms with Crippen LogP contribution in [0.5, 0.6) is 0 Å². The van der Waals surface area contributed by atoms with Crippen LogP contribution in [-0.4, -0.2) is 24.9 Å². The molecule has 2 aromatic carbocycles. The lowest BCUT2D eigenvalue weighted by Crippen LogP contribution is -1.96. The van der Waals surface area contributed by atoms with Crippen LogP contribution in [0.3, 0.4) is 0 Å². The molecule has 0 spiro atoms. The second-order valence-electron chi connectivity index (χ2n) is 5.73. The summed E-state index contributed by atoms with van der Waals surface area (Å²) in [7, 11) is 0. The third-order valence-corrected chi connectivity index (χ3v) is 5.19. The predicted octanol–water partition coefficient (Wildman–Crippen LogP) is 4.71. The highest BCUT2D eigenvalue weighted by atomic mass is 35.5. The Hall–Kier alpha value is -2.71. The Morgan fingerprint density at radius 1 is 1.19 bits per heavy atom. The first-order valence-corrected chi connectivity index (χ1v) is 9.34. The summed E-state index contributed by atoms with van der Waals surface area (Å²) in [6.45, 7) is 1.95. The number of aromatic nitrogens is 5. The highest BCUT2D eigenvalue weighted by Gasteiger charge is 2.13. The van der Waals surface area contributed by atoms with E-state index in [0.717, 1.165) is 11.3 Å². The van der Waals surface area contributed by atoms with Gasteiger partial charge in [-0.3, -0.25) is 4.57 Å². The second-order valence-corrected chi connectivity index (χ2v) is 7.08. The van der Waals surface area contributed by atoms with Crippen molar-refractivity contribution in [1.82, 2.24) is 24.9 Å². The van der Waals surface area contributed by atoms with Gasteiger partial charge in [0.1, 0.15) is 12.1 Å². The molecule has 0 atom stereocenters. The monoisotopic (exact) mass is 401 g/mol. The number of hydrogen-bond donors (Lipinski definition) is 0. The standard InChI is InChI=1S/C18H13ClFN5OS/c1-11-2-7-14(8-15(11)19)25-10-21-23-18(25)27-9-16-22-17(26-24-16)12-3-5-13(20)6-4-12/h2-8,10H,9H2,1H3. The van der Waals surface area contributed by atoms with Gasteiger partial charge in [0.15, 0.2) is 11.0 Å². The van der Waals surface area contributed by atoms with Crippen LogP contribution in [0.15, 0.2) is 58.5 Å². The zero-order chi connectivity index (χ0) is 18.8. The van der Waals surface area contributed by atoms with Crippen molar-refractivity contribution in [1.29, 1.82) is 0 Å². The SMILES string of the molecule is Cc1ccc(-n2cnnc2SCc2noc(-c3ccc(F)cc3)n2)cc1Cl. The summed E-state index contributed by atoms with van der Waals surface area (Å²) in [6, 6.07) is 11.7. The van der Waals surface area contributed by atoms with Gasteiger partial charge in [0.05, 0.1) is 11.4 Å². The summed E-state index contributed by atoms with van der Waals surface area (Å²) in [4.78, 5) is 4.34. The number of thioether (sulfide) groups is 1. The summed E-state index contributed by atoms with van der Waals surface area (Å²) >= 11 is 7.63. The topological polar surface area (TPSA) is 69.6 Å². The van der Waals surface area contributed by atoms with E-state index in [0.29, 0.717) is 33.2 Å². The van der Waals surface area contributed by atoms with E-state index in [9.17, 15) is 4.39 Å². The molecule has 2 heterocycles. The molecule has 136 valence electrons. The number of hydrogen-bond acceptors (Lipinski definition) is 6. The Morgan fingerprint density at radius 3 is 2.78 bits per heavy atom. The van der Waals surface area contributed by atoms with Gasteiger partial charge in [-0.1, -0.05) is 34.6 Å². The van der Waals surface area contributed by atoms with Crippen LogP contribution in [-0.2, 0) is 5.75 Å². The average Bonchev–Trinajstić information content (AvgIpc) is 3.32. The van der Waals surface area contributed by atoms with Crippen molar-refractivity contribution in [3.63, 3.8) is 0 Å². The highest BCUT2D eigenvalue weighted by molar-refractivity contribution is 7.98. The second kappa shape index (κ2) is 7.50. The maximum Gasteiger partial charge on any atom is 0.257 e. The Bertz CT molecular complexity index is 1080. The fraction of sp³-hybridized carbons (Fsp3) is 0.111. The lowest BCUT2D eigenvalue weighted by molar-refractivity contribution is 0.425. The molecule has 0 aliphatic rings. The van der Waals surface area contributed by atoms with E-state index in [-0.39, 0.29) is 5.82 Å². The van der Waals surface area contributed by atoms with Crippen molar-refractivity contribution < 1.29 is 8.91 Å². The van der Waals surface area contributed by atoms with Gasteiger partial charge in [-0.25, -0.2) is 4.39 Å². The fourth-order valence-corrected chi connectivity index (χ4v) is 3.33. The largest absolute Gasteiger partial charge is 0.334 e. The van der Waals surface area contributed by atoms with Crippen molar-refractivity contribution >= 4 is 23.4 Å². The van der Waals surface area contributed by atoms with Crippen LogP contribution in [0, 0.1) is 12.7 Å². The number of halogens is 2. The van der Waals surface area contributed by atoms with Crippen molar-refractivity contribution in [2.45, 2.75) is 17.8 Å². The molecule has 0 aliphatic heterocycles. The molecule has 0 bridgehead atoms. The number of aryl methyl sites for hydroxylation is 1. The van der Waals surface area contributed by atoms with Crippen LogP contribution in [0.1, 0.15) is 11.4 Å². The summed E-state index contributed by atoms with van der Waals surface area (Å²) < 4.78 is 20.1. The lowest BCUT2D eigenvalue weighted by Gasteiger charge is -2.07. The molecule has 2 aromatic heterocycles. The number of benzene rings is 2. The fourth-order valence-electron chi connectivity index (χ4n) is 2.38. The normalized spacial score (nSPS) is 11.1. The minimum absolute atomic E-state index is 0.315. The van der Waals surface area contributed by atoms with Gasteiger partial charge < -0.3 is 4.52 Å². The Labute approximate surface area is 163 Å². The lowest BCUT2D eigenvalue weighted by atomic mass is 10.2. The van der Waals surface area contributed by atoms with E-state index in [1.165, 1.54) is 23.9 Å². The Morgan fingerprint density at radius 2 is 2.00 bits per heavy atom. The molecule has 9 heteroatoms. The van der Waals surface area contributed by atoms with Crippen LogP contribution in [0.4, 0.5) is 4.39 Å². The highest BCUT2D eigenvalue weighted by Crippen LogP contribution is 2.26. The van der Waals surface area contributed by atoms with Gasteiger partial charge >= 0.3 is 0 Å². The van der Waals surface area contributed by atoms with Crippen molar-refractivity contribution in [3.8, 4) is 17.1 Å². The van der Waals surface area contributed by atoms with Crippen LogP contribution in [0.2, 0.25) is 5.02 Å². The molecule has 0 amide bonds. The van der Waals surface area contributed by atoms with Crippen molar-refractivity contribution in [2.24, 2.45) is 0 Å². The zero-order valence-corrected chi connectivity index (χ0v) is 15.7. The Balaban J connectivity index is 1.49. The van der Waals surface area contributed by atoms with Gasteiger partial charge in [0.2, 0.25) is 0 Å². The average molecular weight is 402 g/mol. The zero-order valence-electron chi connectivity index (χ0n) is 14.1. The molecule has 0 unspecified atom stereocenters. The molecule has 27 heavy (non-hydrogen) atoms. The van der Waals surface area contributed by atoms with E-state index < -0.39 is 0 Å². The quantitative estimate of drug-likeness (QED) is 0.451. The molecule has 0 fully saturated rings. The van der Waals surface area contributed by atoms with E-state index in [1.807, 2.05) is 29.7 Å². The molecule has 0 aliphatic carbocycles. The van der Waals surface area contributed by atoms with Crippen LogP contribution in [0.25, 0.3) is 17.1 Å². The van der Waals surface area contributed by atoms with E-state index in [1.54, 1.807) is 18.5 Å². The minimum atomic E-state index is -0.315.